The summed E-state index contributed by atoms with van der Waals surface area (Å²) < 4.78 is 4.90. The summed E-state index contributed by atoms with van der Waals surface area (Å²) in [6.45, 7) is 3.84. The molecule has 0 aliphatic carbocycles. The third-order valence-electron chi connectivity index (χ3n) is 2.72. The van der Waals surface area contributed by atoms with E-state index in [-0.39, 0.29) is 5.70 Å². The summed E-state index contributed by atoms with van der Waals surface area (Å²) in [7, 11) is 0. The molecule has 1 heterocycles. The Labute approximate surface area is 121 Å². The van der Waals surface area contributed by atoms with Gasteiger partial charge in [0.05, 0.1) is 6.61 Å². The molecule has 102 valence electrons. The topological polar surface area (TPSA) is 47.6 Å². The van der Waals surface area contributed by atoms with Crippen molar-refractivity contribution in [2.45, 2.75) is 19.4 Å². The van der Waals surface area contributed by atoms with Gasteiger partial charge in [0.2, 0.25) is 0 Å². The smallest absolute Gasteiger partial charge is 0.356 e. The second-order valence-electron chi connectivity index (χ2n) is 4.25. The molecule has 1 aliphatic rings. The zero-order chi connectivity index (χ0) is 14.0. The van der Waals surface area contributed by atoms with Crippen LogP contribution in [0.1, 0.15) is 19.4 Å². The number of benzene rings is 1. The maximum Gasteiger partial charge on any atom is 0.356 e. The number of carbonyl (C=O) groups is 1. The first-order valence-corrected chi connectivity index (χ1v) is 6.51. The molecule has 1 unspecified atom stereocenters. The quantitative estimate of drug-likeness (QED) is 0.871. The minimum atomic E-state index is -0.823. The second kappa shape index (κ2) is 5.41. The summed E-state index contributed by atoms with van der Waals surface area (Å²) in [5.41, 5.74) is 2.76. The van der Waals surface area contributed by atoms with E-state index >= 15 is 0 Å². The van der Waals surface area contributed by atoms with E-state index in [4.69, 9.17) is 32.8 Å². The fraction of sp³-hybridized carbons (Fsp3) is 0.308. The molecule has 1 atom stereocenters. The molecule has 0 radical (unpaired) electrons. The Balaban J connectivity index is 2.31. The third-order valence-corrected chi connectivity index (χ3v) is 3.16. The van der Waals surface area contributed by atoms with Crippen LogP contribution in [0.2, 0.25) is 10.0 Å². The largest absolute Gasteiger partial charge is 0.461 e. The second-order valence-corrected chi connectivity index (χ2v) is 5.12. The molecule has 1 aliphatic heterocycles. The number of hydrogen-bond donors (Lipinski definition) is 1. The average Bonchev–Trinajstić information content (AvgIpc) is 2.72. The molecule has 1 aromatic carbocycles. The summed E-state index contributed by atoms with van der Waals surface area (Å²) in [6, 6.07) is 5.10. The van der Waals surface area contributed by atoms with Gasteiger partial charge in [-0.05, 0) is 43.7 Å². The Morgan fingerprint density at radius 3 is 2.58 bits per heavy atom. The van der Waals surface area contributed by atoms with Crippen LogP contribution in [-0.2, 0) is 20.0 Å². The number of esters is 1. The number of nitrogens with one attached hydrogen (secondary N) is 1. The van der Waals surface area contributed by atoms with E-state index in [2.05, 4.69) is 5.48 Å². The minimum absolute atomic E-state index is 0.264. The van der Waals surface area contributed by atoms with Gasteiger partial charge >= 0.3 is 5.97 Å². The molecule has 0 bridgehead atoms. The van der Waals surface area contributed by atoms with E-state index in [1.807, 2.05) is 0 Å². The van der Waals surface area contributed by atoms with Crippen molar-refractivity contribution in [1.29, 1.82) is 0 Å². The van der Waals surface area contributed by atoms with Crippen molar-refractivity contribution in [2.75, 3.05) is 6.61 Å². The van der Waals surface area contributed by atoms with Crippen molar-refractivity contribution in [3.05, 3.63) is 45.6 Å². The van der Waals surface area contributed by atoms with Gasteiger partial charge < -0.3 is 4.74 Å². The first-order chi connectivity index (χ1) is 8.94. The molecule has 0 saturated heterocycles. The lowest BCUT2D eigenvalue weighted by Gasteiger charge is -2.21. The van der Waals surface area contributed by atoms with Crippen LogP contribution in [0.3, 0.4) is 0 Å². The van der Waals surface area contributed by atoms with Crippen LogP contribution in [0.4, 0.5) is 0 Å². The monoisotopic (exact) mass is 301 g/mol. The van der Waals surface area contributed by atoms with Crippen molar-refractivity contribution in [1.82, 2.24) is 5.48 Å². The first-order valence-electron chi connectivity index (χ1n) is 5.75. The number of ether oxygens (including phenoxy) is 1. The molecule has 0 amide bonds. The first kappa shape index (κ1) is 14.2. The van der Waals surface area contributed by atoms with Crippen LogP contribution in [0, 0.1) is 0 Å². The molecule has 2 rings (SSSR count). The molecular weight excluding hydrogens is 289 g/mol. The predicted molar refractivity (Wildman–Crippen MR) is 72.8 cm³/mol. The normalized spacial score (nSPS) is 21.8. The maximum atomic E-state index is 11.6. The Morgan fingerprint density at radius 1 is 1.37 bits per heavy atom. The maximum absolute atomic E-state index is 11.6. The Bertz CT molecular complexity index is 524. The van der Waals surface area contributed by atoms with Gasteiger partial charge in [-0.1, -0.05) is 23.2 Å². The molecule has 6 heteroatoms. The number of halogens is 2. The third kappa shape index (κ3) is 3.03. The summed E-state index contributed by atoms with van der Waals surface area (Å²) in [6.07, 6.45) is 1.65. The highest BCUT2D eigenvalue weighted by atomic mass is 35.5. The van der Waals surface area contributed by atoms with E-state index in [0.29, 0.717) is 16.7 Å². The Morgan fingerprint density at radius 2 is 2.00 bits per heavy atom. The lowest BCUT2D eigenvalue weighted by Crippen LogP contribution is -2.24. The van der Waals surface area contributed by atoms with E-state index < -0.39 is 11.6 Å². The van der Waals surface area contributed by atoms with Gasteiger partial charge in [-0.2, -0.15) is 0 Å². The SMILES string of the molecule is CCOC(=O)C1=CC(C)(c2cc(Cl)cc(Cl)c2)ON1. The van der Waals surface area contributed by atoms with Gasteiger partial charge in [-0.25, -0.2) is 4.79 Å². The van der Waals surface area contributed by atoms with Crippen molar-refractivity contribution < 1.29 is 14.4 Å². The Kier molecular flexibility index (Phi) is 4.04. The van der Waals surface area contributed by atoms with E-state index in [1.54, 1.807) is 38.1 Å². The summed E-state index contributed by atoms with van der Waals surface area (Å²) in [5.74, 6) is -0.459. The van der Waals surface area contributed by atoms with Crippen LogP contribution in [-0.4, -0.2) is 12.6 Å². The van der Waals surface area contributed by atoms with Crippen molar-refractivity contribution in [2.24, 2.45) is 0 Å². The minimum Gasteiger partial charge on any atom is -0.461 e. The van der Waals surface area contributed by atoms with E-state index in [1.165, 1.54) is 0 Å². The standard InChI is InChI=1S/C13H13Cl2NO3/c1-3-18-12(17)11-7-13(2,19-16-11)8-4-9(14)6-10(15)5-8/h4-7,16H,3H2,1-2H3. The van der Waals surface area contributed by atoms with Crippen LogP contribution < -0.4 is 5.48 Å². The molecule has 19 heavy (non-hydrogen) atoms. The van der Waals surface area contributed by atoms with Crippen molar-refractivity contribution in [3.63, 3.8) is 0 Å². The van der Waals surface area contributed by atoms with Crippen molar-refractivity contribution >= 4 is 29.2 Å². The number of hydroxylamine groups is 1. The highest BCUT2D eigenvalue weighted by Gasteiger charge is 2.35. The van der Waals surface area contributed by atoms with Crippen molar-refractivity contribution in [3.8, 4) is 0 Å². The molecule has 0 saturated carbocycles. The van der Waals surface area contributed by atoms with Crippen LogP contribution in [0.15, 0.2) is 30.0 Å². The molecule has 0 fully saturated rings. The van der Waals surface area contributed by atoms with Gasteiger partial charge in [-0.3, -0.25) is 10.3 Å². The van der Waals surface area contributed by atoms with Crippen LogP contribution in [0.25, 0.3) is 0 Å². The number of carbonyl (C=O) groups excluding carboxylic acids is 1. The zero-order valence-electron chi connectivity index (χ0n) is 10.5. The van der Waals surface area contributed by atoms with E-state index in [0.717, 1.165) is 5.56 Å². The zero-order valence-corrected chi connectivity index (χ0v) is 12.0. The molecular formula is C13H13Cl2NO3. The van der Waals surface area contributed by atoms with Crippen LogP contribution >= 0.6 is 23.2 Å². The Hall–Kier alpha value is -1.23. The molecule has 1 N–H and O–H groups in total. The fourth-order valence-electron chi connectivity index (χ4n) is 1.79. The van der Waals surface area contributed by atoms with Gasteiger partial charge in [0.25, 0.3) is 0 Å². The van der Waals surface area contributed by atoms with Gasteiger partial charge in [0, 0.05) is 10.0 Å². The van der Waals surface area contributed by atoms with Gasteiger partial charge in [0.1, 0.15) is 11.3 Å². The average molecular weight is 302 g/mol. The predicted octanol–water partition coefficient (Wildman–Crippen LogP) is 3.19. The lowest BCUT2D eigenvalue weighted by atomic mass is 9.95. The van der Waals surface area contributed by atoms with Gasteiger partial charge in [-0.15, -0.1) is 0 Å². The number of rotatable bonds is 3. The number of hydrogen-bond acceptors (Lipinski definition) is 4. The summed E-state index contributed by atoms with van der Waals surface area (Å²) in [4.78, 5) is 17.1. The van der Waals surface area contributed by atoms with E-state index in [9.17, 15) is 4.79 Å². The summed E-state index contributed by atoms with van der Waals surface area (Å²) >= 11 is 11.9. The highest BCUT2D eigenvalue weighted by Crippen LogP contribution is 2.34. The molecule has 1 aromatic rings. The fourth-order valence-corrected chi connectivity index (χ4v) is 2.31. The molecule has 4 nitrogen and oxygen atoms in total. The van der Waals surface area contributed by atoms with Gasteiger partial charge in [0.15, 0.2) is 0 Å². The summed E-state index contributed by atoms with van der Waals surface area (Å²) in [5, 5.41) is 1.01. The highest BCUT2D eigenvalue weighted by molar-refractivity contribution is 6.34. The van der Waals surface area contributed by atoms with Crippen LogP contribution in [0.5, 0.6) is 0 Å². The molecule has 0 aromatic heterocycles. The molecule has 0 spiro atoms. The lowest BCUT2D eigenvalue weighted by molar-refractivity contribution is -0.140.